The van der Waals surface area contributed by atoms with E-state index in [0.717, 1.165) is 12.1 Å². The maximum Gasteiger partial charge on any atom is 0.137 e. The smallest absolute Gasteiger partial charge is 0.137 e. The molecule has 100 valence electrons. The van der Waals surface area contributed by atoms with Gasteiger partial charge in [0.2, 0.25) is 0 Å². The molecule has 1 heterocycles. The van der Waals surface area contributed by atoms with Crippen molar-refractivity contribution in [2.45, 2.75) is 13.3 Å². The molecule has 0 fully saturated rings. The zero-order chi connectivity index (χ0) is 13.8. The number of benzene rings is 1. The van der Waals surface area contributed by atoms with Gasteiger partial charge in [-0.3, -0.25) is 5.41 Å². The van der Waals surface area contributed by atoms with Crippen LogP contribution in [0.1, 0.15) is 16.1 Å². The highest BCUT2D eigenvalue weighted by Crippen LogP contribution is 2.25. The van der Waals surface area contributed by atoms with Crippen molar-refractivity contribution in [3.8, 4) is 5.75 Å². The number of aryl methyl sites for hydroxylation is 1. The number of thiazole rings is 1. The fourth-order valence-electron chi connectivity index (χ4n) is 1.61. The number of hydrogen-bond acceptors (Lipinski definition) is 4. The third kappa shape index (κ3) is 3.45. The van der Waals surface area contributed by atoms with Gasteiger partial charge in [0.25, 0.3) is 0 Å². The zero-order valence-electron chi connectivity index (χ0n) is 10.4. The number of amidine groups is 1. The van der Waals surface area contributed by atoms with Gasteiger partial charge in [0, 0.05) is 16.9 Å². The van der Waals surface area contributed by atoms with E-state index in [1.165, 1.54) is 4.88 Å². The Morgan fingerprint density at radius 2 is 2.32 bits per heavy atom. The molecule has 0 saturated carbocycles. The normalized spacial score (nSPS) is 10.4. The van der Waals surface area contributed by atoms with Crippen molar-refractivity contribution in [1.82, 2.24) is 4.98 Å². The number of nitrogen functional groups attached to an aromatic ring is 1. The van der Waals surface area contributed by atoms with Crippen LogP contribution in [0.2, 0.25) is 5.02 Å². The van der Waals surface area contributed by atoms with Crippen LogP contribution >= 0.6 is 22.9 Å². The number of nitrogens with one attached hydrogen (secondary N) is 1. The average Bonchev–Trinajstić information content (AvgIpc) is 2.77. The second kappa shape index (κ2) is 6.04. The lowest BCUT2D eigenvalue weighted by atomic mass is 10.2. The van der Waals surface area contributed by atoms with Gasteiger partial charge in [-0.05, 0) is 25.1 Å². The maximum absolute atomic E-state index is 7.33. The van der Waals surface area contributed by atoms with Crippen LogP contribution in [-0.4, -0.2) is 17.4 Å². The number of ether oxygens (including phenoxy) is 1. The van der Waals surface area contributed by atoms with Gasteiger partial charge < -0.3 is 10.5 Å². The first kappa shape index (κ1) is 13.8. The first-order chi connectivity index (χ1) is 9.08. The summed E-state index contributed by atoms with van der Waals surface area (Å²) in [5.74, 6) is 0.600. The van der Waals surface area contributed by atoms with E-state index in [2.05, 4.69) is 4.98 Å². The topological polar surface area (TPSA) is 72.0 Å². The van der Waals surface area contributed by atoms with E-state index in [9.17, 15) is 0 Å². The molecule has 1 aromatic heterocycles. The highest BCUT2D eigenvalue weighted by atomic mass is 35.5. The van der Waals surface area contributed by atoms with Crippen molar-refractivity contribution in [3.63, 3.8) is 0 Å². The molecular formula is C13H14ClN3OS. The van der Waals surface area contributed by atoms with Crippen LogP contribution in [0.25, 0.3) is 0 Å². The first-order valence-electron chi connectivity index (χ1n) is 5.73. The quantitative estimate of drug-likeness (QED) is 0.658. The average molecular weight is 296 g/mol. The molecule has 0 saturated heterocycles. The van der Waals surface area contributed by atoms with Gasteiger partial charge in [-0.2, -0.15) is 0 Å². The Morgan fingerprint density at radius 3 is 2.89 bits per heavy atom. The lowest BCUT2D eigenvalue weighted by Crippen LogP contribution is -2.11. The van der Waals surface area contributed by atoms with Crippen LogP contribution in [0.15, 0.2) is 23.7 Å². The van der Waals surface area contributed by atoms with Gasteiger partial charge in [0.15, 0.2) is 0 Å². The second-order valence-corrected chi connectivity index (χ2v) is 5.36. The van der Waals surface area contributed by atoms with Crippen molar-refractivity contribution < 1.29 is 4.74 Å². The Hall–Kier alpha value is -1.59. The summed E-state index contributed by atoms with van der Waals surface area (Å²) >= 11 is 7.70. The van der Waals surface area contributed by atoms with Crippen LogP contribution in [0.3, 0.4) is 0 Å². The van der Waals surface area contributed by atoms with Crippen molar-refractivity contribution in [2.75, 3.05) is 6.61 Å². The summed E-state index contributed by atoms with van der Waals surface area (Å²) in [6, 6.07) is 5.09. The van der Waals surface area contributed by atoms with E-state index in [0.29, 0.717) is 22.9 Å². The molecular weight excluding hydrogens is 282 g/mol. The molecule has 4 nitrogen and oxygen atoms in total. The monoisotopic (exact) mass is 295 g/mol. The summed E-state index contributed by atoms with van der Waals surface area (Å²) in [5, 5.41) is 7.80. The van der Waals surface area contributed by atoms with Crippen molar-refractivity contribution >= 4 is 28.8 Å². The predicted octanol–water partition coefficient (Wildman–Crippen LogP) is 3.01. The van der Waals surface area contributed by atoms with Gasteiger partial charge in [-0.15, -0.1) is 11.3 Å². The highest BCUT2D eigenvalue weighted by Gasteiger charge is 2.06. The number of nitrogens with two attached hydrogens (primary N) is 1. The fraction of sp³-hybridized carbons (Fsp3) is 0.231. The van der Waals surface area contributed by atoms with Crippen LogP contribution < -0.4 is 10.5 Å². The minimum Gasteiger partial charge on any atom is -0.492 e. The molecule has 1 aromatic carbocycles. The summed E-state index contributed by atoms with van der Waals surface area (Å²) in [4.78, 5) is 5.41. The van der Waals surface area contributed by atoms with E-state index in [1.807, 2.05) is 12.4 Å². The molecule has 2 rings (SSSR count). The summed E-state index contributed by atoms with van der Waals surface area (Å²) < 4.78 is 5.64. The van der Waals surface area contributed by atoms with E-state index < -0.39 is 0 Å². The number of hydrogen-bond donors (Lipinski definition) is 2. The zero-order valence-corrected chi connectivity index (χ0v) is 12.0. The minimum atomic E-state index is -0.00580. The standard InChI is InChI=1S/C13H14ClN3OS/c1-8-12(19-7-17-8)4-5-18-11-3-2-9(13(15)16)6-10(11)14/h2-3,6-7H,4-5H2,1H3,(H3,15,16). The largest absolute Gasteiger partial charge is 0.492 e. The molecule has 0 aliphatic carbocycles. The highest BCUT2D eigenvalue weighted by molar-refractivity contribution is 7.09. The van der Waals surface area contributed by atoms with Gasteiger partial charge >= 0.3 is 0 Å². The fourth-order valence-corrected chi connectivity index (χ4v) is 2.60. The molecule has 19 heavy (non-hydrogen) atoms. The summed E-state index contributed by atoms with van der Waals surface area (Å²) in [6.45, 7) is 2.53. The van der Waals surface area contributed by atoms with E-state index in [-0.39, 0.29) is 5.84 Å². The first-order valence-corrected chi connectivity index (χ1v) is 6.99. The third-order valence-corrected chi connectivity index (χ3v) is 3.96. The second-order valence-electron chi connectivity index (χ2n) is 4.02. The van der Waals surface area contributed by atoms with Gasteiger partial charge in [-0.25, -0.2) is 4.98 Å². The Kier molecular flexibility index (Phi) is 4.39. The number of halogens is 1. The number of aromatic nitrogens is 1. The molecule has 0 atom stereocenters. The van der Waals surface area contributed by atoms with Crippen molar-refractivity contribution in [2.24, 2.45) is 5.73 Å². The maximum atomic E-state index is 7.33. The summed E-state index contributed by atoms with van der Waals surface area (Å²) in [5.41, 5.74) is 8.87. The molecule has 3 N–H and O–H groups in total. The van der Waals surface area contributed by atoms with Crippen LogP contribution in [0, 0.1) is 12.3 Å². The van der Waals surface area contributed by atoms with E-state index in [1.54, 1.807) is 29.5 Å². The molecule has 6 heteroatoms. The van der Waals surface area contributed by atoms with Gasteiger partial charge in [0.1, 0.15) is 11.6 Å². The van der Waals surface area contributed by atoms with Gasteiger partial charge in [0.05, 0.1) is 22.8 Å². The minimum absolute atomic E-state index is 0.00580. The number of rotatable bonds is 5. The molecule has 0 radical (unpaired) electrons. The lowest BCUT2D eigenvalue weighted by Gasteiger charge is -2.08. The molecule has 0 unspecified atom stereocenters. The summed E-state index contributed by atoms with van der Waals surface area (Å²) in [7, 11) is 0. The van der Waals surface area contributed by atoms with Crippen LogP contribution in [0.5, 0.6) is 5.75 Å². The third-order valence-electron chi connectivity index (χ3n) is 2.67. The molecule has 2 aromatic rings. The SMILES string of the molecule is Cc1ncsc1CCOc1ccc(C(=N)N)cc1Cl. The van der Waals surface area contributed by atoms with Crippen molar-refractivity contribution in [1.29, 1.82) is 5.41 Å². The van der Waals surface area contributed by atoms with E-state index >= 15 is 0 Å². The molecule has 0 bridgehead atoms. The van der Waals surface area contributed by atoms with Crippen LogP contribution in [-0.2, 0) is 6.42 Å². The Labute approximate surface area is 120 Å². The Balaban J connectivity index is 1.96. The number of nitrogens with zero attached hydrogens (tertiary/aromatic N) is 1. The summed E-state index contributed by atoms with van der Waals surface area (Å²) in [6.07, 6.45) is 0.807. The molecule has 0 amide bonds. The van der Waals surface area contributed by atoms with E-state index in [4.69, 9.17) is 27.5 Å². The molecule has 0 aliphatic rings. The molecule has 0 aliphatic heterocycles. The molecule has 0 spiro atoms. The van der Waals surface area contributed by atoms with Crippen LogP contribution in [0.4, 0.5) is 0 Å². The predicted molar refractivity (Wildman–Crippen MR) is 78.5 cm³/mol. The lowest BCUT2D eigenvalue weighted by molar-refractivity contribution is 0.323. The van der Waals surface area contributed by atoms with Gasteiger partial charge in [-0.1, -0.05) is 11.6 Å². The Morgan fingerprint density at radius 1 is 1.53 bits per heavy atom. The Bertz CT molecular complexity index is 597. The van der Waals surface area contributed by atoms with Crippen molar-refractivity contribution in [3.05, 3.63) is 44.9 Å².